The van der Waals surface area contributed by atoms with Crippen LogP contribution in [0.2, 0.25) is 0 Å². The number of benzene rings is 1. The Morgan fingerprint density at radius 2 is 2.06 bits per heavy atom. The van der Waals surface area contributed by atoms with Crippen molar-refractivity contribution in [2.24, 2.45) is 11.8 Å². The zero-order valence-corrected chi connectivity index (χ0v) is 12.6. The minimum atomic E-state index is -0.122. The fourth-order valence-corrected chi connectivity index (χ4v) is 3.07. The zero-order chi connectivity index (χ0) is 13.1. The lowest BCUT2D eigenvalue weighted by Gasteiger charge is -2.32. The highest BCUT2D eigenvalue weighted by atomic mass is 79.9. The summed E-state index contributed by atoms with van der Waals surface area (Å²) in [6.07, 6.45) is 3.69. The van der Waals surface area contributed by atoms with Crippen LogP contribution in [0.1, 0.15) is 38.7 Å². The second-order valence-corrected chi connectivity index (χ2v) is 6.50. The predicted molar refractivity (Wildman–Crippen MR) is 76.9 cm³/mol. The molecule has 2 rings (SSSR count). The fraction of sp³-hybridized carbons (Fsp3) is 0.600. The van der Waals surface area contributed by atoms with E-state index in [-0.39, 0.29) is 5.82 Å². The molecule has 1 N–H and O–H groups in total. The van der Waals surface area contributed by atoms with Gasteiger partial charge in [-0.25, -0.2) is 4.39 Å². The summed E-state index contributed by atoms with van der Waals surface area (Å²) in [5.41, 5.74) is 0.746. The van der Waals surface area contributed by atoms with Gasteiger partial charge in [0.1, 0.15) is 5.82 Å². The first-order valence-electron chi connectivity index (χ1n) is 6.73. The normalized spacial score (nSPS) is 28.3. The summed E-state index contributed by atoms with van der Waals surface area (Å²) in [7, 11) is 0. The zero-order valence-electron chi connectivity index (χ0n) is 11.0. The van der Waals surface area contributed by atoms with E-state index >= 15 is 0 Å². The van der Waals surface area contributed by atoms with Crippen molar-refractivity contribution in [2.45, 2.75) is 45.7 Å². The van der Waals surface area contributed by atoms with Gasteiger partial charge in [-0.3, -0.25) is 0 Å². The van der Waals surface area contributed by atoms with E-state index in [1.807, 2.05) is 6.07 Å². The van der Waals surface area contributed by atoms with Crippen LogP contribution in [0.15, 0.2) is 22.7 Å². The van der Waals surface area contributed by atoms with Crippen LogP contribution in [0, 0.1) is 17.7 Å². The first kappa shape index (κ1) is 14.0. The Balaban J connectivity index is 1.90. The van der Waals surface area contributed by atoms with E-state index in [2.05, 4.69) is 35.1 Å². The summed E-state index contributed by atoms with van der Waals surface area (Å²) < 4.78 is 14.5. The fourth-order valence-electron chi connectivity index (χ4n) is 2.67. The summed E-state index contributed by atoms with van der Waals surface area (Å²) >= 11 is 3.39. The van der Waals surface area contributed by atoms with Gasteiger partial charge >= 0.3 is 0 Å². The summed E-state index contributed by atoms with van der Waals surface area (Å²) in [6, 6.07) is 5.65. The number of nitrogens with one attached hydrogen (secondary N) is 1. The average Bonchev–Trinajstić information content (AvgIpc) is 2.34. The van der Waals surface area contributed by atoms with Gasteiger partial charge in [0.2, 0.25) is 0 Å². The van der Waals surface area contributed by atoms with E-state index in [9.17, 15) is 4.39 Å². The van der Waals surface area contributed by atoms with Gasteiger partial charge in [0.05, 0.1) is 0 Å². The summed E-state index contributed by atoms with van der Waals surface area (Å²) in [5.74, 6) is 1.47. The Labute approximate surface area is 117 Å². The minimum Gasteiger partial charge on any atom is -0.310 e. The van der Waals surface area contributed by atoms with Gasteiger partial charge in [0.15, 0.2) is 0 Å². The van der Waals surface area contributed by atoms with Crippen LogP contribution in [-0.2, 0) is 6.54 Å². The van der Waals surface area contributed by atoms with Crippen LogP contribution in [0.5, 0.6) is 0 Å². The van der Waals surface area contributed by atoms with Crippen LogP contribution in [0.25, 0.3) is 0 Å². The van der Waals surface area contributed by atoms with Crippen molar-refractivity contribution in [2.75, 3.05) is 0 Å². The molecule has 1 aromatic carbocycles. The maximum atomic E-state index is 13.6. The Hall–Kier alpha value is -0.410. The topological polar surface area (TPSA) is 12.0 Å². The van der Waals surface area contributed by atoms with Gasteiger partial charge in [-0.1, -0.05) is 29.8 Å². The summed E-state index contributed by atoms with van der Waals surface area (Å²) in [5, 5.41) is 3.50. The standard InChI is InChI=1S/C15H21BrFN/c1-10-3-5-14(7-11(10)2)18-9-12-8-13(16)4-6-15(12)17/h4,6,8,10-11,14,18H,3,5,7,9H2,1-2H3. The maximum Gasteiger partial charge on any atom is 0.127 e. The maximum absolute atomic E-state index is 13.6. The van der Waals surface area contributed by atoms with Crippen LogP contribution in [0.4, 0.5) is 4.39 Å². The lowest BCUT2D eigenvalue weighted by molar-refractivity contribution is 0.225. The van der Waals surface area contributed by atoms with Crippen molar-refractivity contribution in [3.8, 4) is 0 Å². The van der Waals surface area contributed by atoms with Crippen LogP contribution >= 0.6 is 15.9 Å². The second kappa shape index (κ2) is 6.16. The largest absolute Gasteiger partial charge is 0.310 e. The quantitative estimate of drug-likeness (QED) is 0.866. The molecule has 0 amide bonds. The van der Waals surface area contributed by atoms with Gasteiger partial charge in [0, 0.05) is 22.6 Å². The van der Waals surface area contributed by atoms with E-state index in [1.165, 1.54) is 25.3 Å². The van der Waals surface area contributed by atoms with E-state index < -0.39 is 0 Å². The first-order valence-corrected chi connectivity index (χ1v) is 7.53. The van der Waals surface area contributed by atoms with Gasteiger partial charge in [-0.15, -0.1) is 0 Å². The minimum absolute atomic E-state index is 0.122. The summed E-state index contributed by atoms with van der Waals surface area (Å²) in [4.78, 5) is 0. The van der Waals surface area contributed by atoms with E-state index in [4.69, 9.17) is 0 Å². The van der Waals surface area contributed by atoms with Crippen molar-refractivity contribution in [1.82, 2.24) is 5.32 Å². The highest BCUT2D eigenvalue weighted by molar-refractivity contribution is 9.10. The molecular formula is C15H21BrFN. The third-order valence-electron chi connectivity index (χ3n) is 4.19. The van der Waals surface area contributed by atoms with Crippen LogP contribution < -0.4 is 5.32 Å². The molecule has 3 atom stereocenters. The van der Waals surface area contributed by atoms with Crippen molar-refractivity contribution < 1.29 is 4.39 Å². The van der Waals surface area contributed by atoms with Crippen LogP contribution in [0.3, 0.4) is 0 Å². The van der Waals surface area contributed by atoms with Gasteiger partial charge in [-0.05, 0) is 49.3 Å². The molecular weight excluding hydrogens is 293 g/mol. The average molecular weight is 314 g/mol. The van der Waals surface area contributed by atoms with E-state index in [0.29, 0.717) is 12.6 Å². The van der Waals surface area contributed by atoms with E-state index in [0.717, 1.165) is 21.9 Å². The van der Waals surface area contributed by atoms with Crippen molar-refractivity contribution in [1.29, 1.82) is 0 Å². The molecule has 1 aromatic rings. The van der Waals surface area contributed by atoms with Gasteiger partial charge in [0.25, 0.3) is 0 Å². The molecule has 18 heavy (non-hydrogen) atoms. The molecule has 1 saturated carbocycles. The molecule has 1 aliphatic carbocycles. The Bertz CT molecular complexity index is 407. The number of hydrogen-bond acceptors (Lipinski definition) is 1. The highest BCUT2D eigenvalue weighted by Crippen LogP contribution is 2.29. The number of halogens is 2. The molecule has 0 saturated heterocycles. The molecule has 0 bridgehead atoms. The van der Waals surface area contributed by atoms with Gasteiger partial charge in [-0.2, -0.15) is 0 Å². The molecule has 3 heteroatoms. The molecule has 1 aliphatic rings. The van der Waals surface area contributed by atoms with Crippen molar-refractivity contribution in [3.05, 3.63) is 34.1 Å². The molecule has 100 valence electrons. The van der Waals surface area contributed by atoms with Crippen molar-refractivity contribution >= 4 is 15.9 Å². The third kappa shape index (κ3) is 3.55. The molecule has 3 unspecified atom stereocenters. The second-order valence-electron chi connectivity index (χ2n) is 5.58. The van der Waals surface area contributed by atoms with E-state index in [1.54, 1.807) is 6.07 Å². The first-order chi connectivity index (χ1) is 8.56. The van der Waals surface area contributed by atoms with Crippen LogP contribution in [-0.4, -0.2) is 6.04 Å². The highest BCUT2D eigenvalue weighted by Gasteiger charge is 2.24. The monoisotopic (exact) mass is 313 g/mol. The summed E-state index contributed by atoms with van der Waals surface area (Å²) in [6.45, 7) is 5.27. The SMILES string of the molecule is CC1CCC(NCc2cc(Br)ccc2F)CC1C. The van der Waals surface area contributed by atoms with Gasteiger partial charge < -0.3 is 5.32 Å². The van der Waals surface area contributed by atoms with Crippen molar-refractivity contribution in [3.63, 3.8) is 0 Å². The number of rotatable bonds is 3. The molecule has 0 radical (unpaired) electrons. The predicted octanol–water partition coefficient (Wildman–Crippen LogP) is 4.50. The molecule has 0 heterocycles. The lowest BCUT2D eigenvalue weighted by atomic mass is 9.79. The number of hydrogen-bond donors (Lipinski definition) is 1. The smallest absolute Gasteiger partial charge is 0.127 e. The Morgan fingerprint density at radius 1 is 1.28 bits per heavy atom. The third-order valence-corrected chi connectivity index (χ3v) is 4.68. The molecule has 0 spiro atoms. The molecule has 0 aliphatic heterocycles. The lowest BCUT2D eigenvalue weighted by Crippen LogP contribution is -2.35. The molecule has 1 nitrogen and oxygen atoms in total. The Morgan fingerprint density at radius 3 is 2.78 bits per heavy atom. The molecule has 1 fully saturated rings. The Kier molecular flexibility index (Phi) is 4.79. The molecule has 0 aromatic heterocycles.